The Morgan fingerprint density at radius 2 is 2.31 bits per heavy atom. The van der Waals surface area contributed by atoms with E-state index in [1.807, 2.05) is 0 Å². The van der Waals surface area contributed by atoms with Crippen LogP contribution in [0, 0.1) is 6.20 Å². The third-order valence-electron chi connectivity index (χ3n) is 1.36. The molecule has 0 atom stereocenters. The maximum Gasteiger partial charge on any atom is 0.338 e. The van der Waals surface area contributed by atoms with Crippen molar-refractivity contribution in [3.63, 3.8) is 0 Å². The fourth-order valence-electron chi connectivity index (χ4n) is 0.706. The number of pyridine rings is 1. The number of carbonyl (C=O) groups excluding carboxylic acids is 1. The van der Waals surface area contributed by atoms with E-state index in [1.165, 1.54) is 4.90 Å². The highest BCUT2D eigenvalue weighted by Gasteiger charge is 2.14. The minimum atomic E-state index is -0.328. The molecule has 1 radical (unpaired) electrons. The van der Waals surface area contributed by atoms with Crippen molar-refractivity contribution in [3.8, 4) is 0 Å². The largest absolute Gasteiger partial charge is 0.338 e. The summed E-state index contributed by atoms with van der Waals surface area (Å²) in [5.74, 6) is 0. The maximum atomic E-state index is 11.3. The number of hydrogen-bond acceptors (Lipinski definition) is 2. The molecule has 0 N–H and O–H groups in total. The molecule has 5 heteroatoms. The first kappa shape index (κ1) is 9.80. The molecule has 0 spiro atoms. The molecule has 13 heavy (non-hydrogen) atoms. The van der Waals surface area contributed by atoms with Gasteiger partial charge in [0.1, 0.15) is 6.20 Å². The zero-order valence-electron chi connectivity index (χ0n) is 7.36. The molecule has 1 rings (SSSR count). The summed E-state index contributed by atoms with van der Waals surface area (Å²) in [5, 5.41) is 0. The van der Waals surface area contributed by atoms with Crippen LogP contribution in [-0.4, -0.2) is 30.0 Å². The second kappa shape index (κ2) is 4.09. The minimum Gasteiger partial charge on any atom is -0.329 e. The fraction of sp³-hybridized carbons (Fsp3) is 0.250. The van der Waals surface area contributed by atoms with Gasteiger partial charge in [0.15, 0.2) is 0 Å². The molecular weight excluding hydrogens is 190 g/mol. The average molecular weight is 199 g/mol. The van der Waals surface area contributed by atoms with Crippen LogP contribution >= 0.6 is 11.8 Å². The van der Waals surface area contributed by atoms with E-state index in [4.69, 9.17) is 11.8 Å². The topological polar surface area (TPSA) is 36.4 Å². The smallest absolute Gasteiger partial charge is 0.329 e. The van der Waals surface area contributed by atoms with E-state index in [0.29, 0.717) is 5.69 Å². The monoisotopic (exact) mass is 198 g/mol. The first-order chi connectivity index (χ1) is 6.13. The molecule has 1 heterocycles. The molecule has 0 aliphatic heterocycles. The Hall–Kier alpha value is -1.29. The molecule has 0 aliphatic rings. The van der Waals surface area contributed by atoms with Gasteiger partial charge in [-0.2, -0.15) is 0 Å². The fourth-order valence-corrected chi connectivity index (χ4v) is 0.951. The van der Waals surface area contributed by atoms with Crippen molar-refractivity contribution in [2.24, 2.45) is 0 Å². The van der Waals surface area contributed by atoms with Gasteiger partial charge in [-0.25, -0.2) is 9.21 Å². The summed E-state index contributed by atoms with van der Waals surface area (Å²) in [6.07, 6.45) is 4.16. The summed E-state index contributed by atoms with van der Waals surface area (Å²) < 4.78 is 0.965. The highest BCUT2D eigenvalue weighted by molar-refractivity contribution is 6.36. The Labute approximate surface area is 81.8 Å². The first-order valence-electron chi connectivity index (χ1n) is 3.63. The van der Waals surface area contributed by atoms with Gasteiger partial charge in [0, 0.05) is 32.1 Å². The molecule has 0 unspecified atom stereocenters. The number of nitrogens with zero attached hydrogens (tertiary/aromatic N) is 3. The summed E-state index contributed by atoms with van der Waals surface area (Å²) in [5.41, 5.74) is 0.433. The van der Waals surface area contributed by atoms with Crippen LogP contribution in [0.5, 0.6) is 0 Å². The van der Waals surface area contributed by atoms with Crippen molar-refractivity contribution in [1.29, 1.82) is 0 Å². The van der Waals surface area contributed by atoms with E-state index >= 15 is 0 Å². The summed E-state index contributed by atoms with van der Waals surface area (Å²) in [6.45, 7) is 0. The quantitative estimate of drug-likeness (QED) is 0.642. The van der Waals surface area contributed by atoms with Crippen LogP contribution in [0.2, 0.25) is 0 Å². The van der Waals surface area contributed by atoms with Gasteiger partial charge in [-0.3, -0.25) is 4.98 Å². The van der Waals surface area contributed by atoms with Gasteiger partial charge >= 0.3 is 6.03 Å². The molecule has 0 fully saturated rings. The number of aromatic nitrogens is 1. The standard InChI is InChI=1S/C8H9ClN3O/c1-11(2)8(13)12(9)7-4-3-5-10-6-7/h3-5H,1-2H3. The highest BCUT2D eigenvalue weighted by atomic mass is 35.5. The van der Waals surface area contributed by atoms with Crippen LogP contribution in [-0.2, 0) is 0 Å². The van der Waals surface area contributed by atoms with Crippen molar-refractivity contribution in [1.82, 2.24) is 9.88 Å². The predicted octanol–water partition coefficient (Wildman–Crippen LogP) is 1.52. The third-order valence-corrected chi connectivity index (χ3v) is 1.68. The molecule has 0 bridgehead atoms. The van der Waals surface area contributed by atoms with E-state index < -0.39 is 0 Å². The summed E-state index contributed by atoms with van der Waals surface area (Å²) in [7, 11) is 3.24. The van der Waals surface area contributed by atoms with Crippen LogP contribution in [0.25, 0.3) is 0 Å². The SMILES string of the molecule is CN(C)C(=O)N(Cl)c1[c]nccc1. The van der Waals surface area contributed by atoms with Crippen LogP contribution in [0.15, 0.2) is 18.3 Å². The van der Waals surface area contributed by atoms with Crippen molar-refractivity contribution in [3.05, 3.63) is 24.5 Å². The minimum absolute atomic E-state index is 0.328. The number of rotatable bonds is 1. The molecule has 0 aliphatic carbocycles. The highest BCUT2D eigenvalue weighted by Crippen LogP contribution is 2.14. The number of amides is 2. The number of halogens is 1. The molecule has 0 saturated heterocycles. The predicted molar refractivity (Wildman–Crippen MR) is 50.5 cm³/mol. The summed E-state index contributed by atoms with van der Waals surface area (Å²) >= 11 is 5.72. The molecule has 69 valence electrons. The number of anilines is 1. The second-order valence-electron chi connectivity index (χ2n) is 2.59. The van der Waals surface area contributed by atoms with Gasteiger partial charge in [-0.05, 0) is 12.1 Å². The normalized spacial score (nSPS) is 9.46. The Balaban J connectivity index is 2.80. The number of urea groups is 1. The number of carbonyl (C=O) groups is 1. The zero-order valence-corrected chi connectivity index (χ0v) is 8.12. The molecule has 1 aromatic rings. The Kier molecular flexibility index (Phi) is 3.08. The van der Waals surface area contributed by atoms with Crippen molar-refractivity contribution in [2.45, 2.75) is 0 Å². The van der Waals surface area contributed by atoms with Crippen LogP contribution in [0.4, 0.5) is 10.5 Å². The molecule has 0 aromatic carbocycles. The molecule has 2 amide bonds. The van der Waals surface area contributed by atoms with Gasteiger partial charge in [-0.15, -0.1) is 0 Å². The van der Waals surface area contributed by atoms with Crippen molar-refractivity contribution >= 4 is 23.5 Å². The van der Waals surface area contributed by atoms with Crippen LogP contribution in [0.3, 0.4) is 0 Å². The van der Waals surface area contributed by atoms with Gasteiger partial charge < -0.3 is 4.90 Å². The van der Waals surface area contributed by atoms with Gasteiger partial charge in [0.2, 0.25) is 0 Å². The molecule has 0 saturated carbocycles. The van der Waals surface area contributed by atoms with E-state index in [2.05, 4.69) is 11.2 Å². The van der Waals surface area contributed by atoms with Gasteiger partial charge in [-0.1, -0.05) is 0 Å². The van der Waals surface area contributed by atoms with Crippen LogP contribution < -0.4 is 4.42 Å². The lowest BCUT2D eigenvalue weighted by atomic mass is 10.4. The molecular formula is C8H9ClN3O. The number of hydrogen-bond donors (Lipinski definition) is 0. The summed E-state index contributed by atoms with van der Waals surface area (Å²) in [6, 6.07) is 3.01. The zero-order chi connectivity index (χ0) is 9.84. The summed E-state index contributed by atoms with van der Waals surface area (Å²) in [4.78, 5) is 16.4. The van der Waals surface area contributed by atoms with Crippen molar-refractivity contribution in [2.75, 3.05) is 18.5 Å². The van der Waals surface area contributed by atoms with Gasteiger partial charge in [0.05, 0.1) is 5.69 Å². The van der Waals surface area contributed by atoms with Crippen LogP contribution in [0.1, 0.15) is 0 Å². The Bertz CT molecular complexity index is 289. The van der Waals surface area contributed by atoms with E-state index in [9.17, 15) is 4.79 Å². The van der Waals surface area contributed by atoms with E-state index in [0.717, 1.165) is 4.42 Å². The van der Waals surface area contributed by atoms with Gasteiger partial charge in [0.25, 0.3) is 0 Å². The first-order valence-corrected chi connectivity index (χ1v) is 3.96. The average Bonchev–Trinajstić information content (AvgIpc) is 2.17. The molecule has 4 nitrogen and oxygen atoms in total. The lowest BCUT2D eigenvalue weighted by Crippen LogP contribution is -2.32. The molecule has 1 aromatic heterocycles. The van der Waals surface area contributed by atoms with E-state index in [-0.39, 0.29) is 6.03 Å². The third kappa shape index (κ3) is 2.32. The lowest BCUT2D eigenvalue weighted by Gasteiger charge is -2.17. The second-order valence-corrected chi connectivity index (χ2v) is 2.93. The van der Waals surface area contributed by atoms with E-state index in [1.54, 1.807) is 32.4 Å². The lowest BCUT2D eigenvalue weighted by molar-refractivity contribution is 0.227. The Morgan fingerprint density at radius 1 is 1.62 bits per heavy atom. The Morgan fingerprint density at radius 3 is 2.77 bits per heavy atom. The van der Waals surface area contributed by atoms with Crippen molar-refractivity contribution < 1.29 is 4.79 Å². The maximum absolute atomic E-state index is 11.3.